The van der Waals surface area contributed by atoms with Gasteiger partial charge in [-0.1, -0.05) is 19.3 Å². The molecular formula is C22H36N2O5S2. The van der Waals surface area contributed by atoms with Crippen LogP contribution in [-0.2, 0) is 19.1 Å². The molecule has 3 fully saturated rings. The number of alkyl carbamates (subject to hydrolysis) is 1. The van der Waals surface area contributed by atoms with Crippen molar-refractivity contribution >= 4 is 41.5 Å². The highest BCUT2D eigenvalue weighted by molar-refractivity contribution is 8.18. The SMILES string of the molecule is COC(=O)C1CC2(CN1C(=O)C(NC(=O)OC(C)(C)C)C1CCCCC1)SCCCS2. The van der Waals surface area contributed by atoms with Crippen molar-refractivity contribution in [2.75, 3.05) is 25.2 Å². The van der Waals surface area contributed by atoms with E-state index in [0.29, 0.717) is 13.0 Å². The second kappa shape index (κ2) is 10.2. The van der Waals surface area contributed by atoms with Crippen LogP contribution in [0.4, 0.5) is 4.79 Å². The van der Waals surface area contributed by atoms with E-state index in [-0.39, 0.29) is 21.9 Å². The fraction of sp³-hybridized carbons (Fsp3) is 0.864. The van der Waals surface area contributed by atoms with Crippen LogP contribution in [0, 0.1) is 5.92 Å². The number of hydrogen-bond donors (Lipinski definition) is 1. The van der Waals surface area contributed by atoms with E-state index in [1.54, 1.807) is 25.7 Å². The number of carbonyl (C=O) groups excluding carboxylic acids is 3. The topological polar surface area (TPSA) is 84.9 Å². The van der Waals surface area contributed by atoms with Crippen molar-refractivity contribution in [2.45, 2.75) is 87.5 Å². The molecule has 2 amide bonds. The van der Waals surface area contributed by atoms with E-state index >= 15 is 0 Å². The molecule has 1 N–H and O–H groups in total. The van der Waals surface area contributed by atoms with Gasteiger partial charge in [-0.2, -0.15) is 0 Å². The number of rotatable bonds is 4. The van der Waals surface area contributed by atoms with Gasteiger partial charge in [0, 0.05) is 13.0 Å². The number of ether oxygens (including phenoxy) is 2. The van der Waals surface area contributed by atoms with Crippen LogP contribution in [0.3, 0.4) is 0 Å². The van der Waals surface area contributed by atoms with Gasteiger partial charge in [-0.25, -0.2) is 9.59 Å². The van der Waals surface area contributed by atoms with Crippen molar-refractivity contribution in [2.24, 2.45) is 5.92 Å². The second-order valence-corrected chi connectivity index (χ2v) is 12.9. The van der Waals surface area contributed by atoms with Crippen LogP contribution in [-0.4, -0.2) is 69.8 Å². The third-order valence-corrected chi connectivity index (χ3v) is 9.46. The van der Waals surface area contributed by atoms with Gasteiger partial charge in [0.1, 0.15) is 17.7 Å². The molecule has 7 nitrogen and oxygen atoms in total. The minimum Gasteiger partial charge on any atom is -0.467 e. The molecule has 3 aliphatic rings. The molecule has 1 saturated carbocycles. The summed E-state index contributed by atoms with van der Waals surface area (Å²) in [5.41, 5.74) is -0.647. The third-order valence-electron chi connectivity index (χ3n) is 6.13. The maximum Gasteiger partial charge on any atom is 0.408 e. The number of nitrogens with zero attached hydrogens (tertiary/aromatic N) is 1. The highest BCUT2D eigenvalue weighted by Gasteiger charge is 2.52. The summed E-state index contributed by atoms with van der Waals surface area (Å²) in [6.45, 7) is 5.91. The predicted octanol–water partition coefficient (Wildman–Crippen LogP) is 3.80. The number of carbonyl (C=O) groups is 3. The molecule has 0 radical (unpaired) electrons. The van der Waals surface area contributed by atoms with E-state index in [4.69, 9.17) is 9.47 Å². The molecule has 2 aliphatic heterocycles. The van der Waals surface area contributed by atoms with Gasteiger partial charge in [0.2, 0.25) is 5.91 Å². The fourth-order valence-corrected chi connectivity index (χ4v) is 8.05. The first-order valence-electron chi connectivity index (χ1n) is 11.3. The predicted molar refractivity (Wildman–Crippen MR) is 124 cm³/mol. The Morgan fingerprint density at radius 2 is 1.71 bits per heavy atom. The fourth-order valence-electron chi connectivity index (χ4n) is 4.71. The molecule has 0 aromatic rings. The van der Waals surface area contributed by atoms with E-state index in [0.717, 1.165) is 50.0 Å². The molecule has 3 rings (SSSR count). The molecule has 0 aromatic carbocycles. The van der Waals surface area contributed by atoms with Gasteiger partial charge in [0.15, 0.2) is 0 Å². The Kier molecular flexibility index (Phi) is 8.10. The van der Waals surface area contributed by atoms with E-state index < -0.39 is 23.8 Å². The van der Waals surface area contributed by atoms with E-state index in [1.165, 1.54) is 7.11 Å². The van der Waals surface area contributed by atoms with E-state index in [1.807, 2.05) is 23.5 Å². The van der Waals surface area contributed by atoms with Crippen LogP contribution in [0.1, 0.15) is 65.7 Å². The van der Waals surface area contributed by atoms with Gasteiger partial charge in [-0.3, -0.25) is 4.79 Å². The average Bonchev–Trinajstić information content (AvgIpc) is 3.09. The lowest BCUT2D eigenvalue weighted by molar-refractivity contribution is -0.152. The molecule has 0 aromatic heterocycles. The molecule has 2 saturated heterocycles. The highest BCUT2D eigenvalue weighted by Crippen LogP contribution is 2.50. The minimum atomic E-state index is -0.684. The number of methoxy groups -OCH3 is 1. The Hall–Kier alpha value is -1.09. The molecule has 31 heavy (non-hydrogen) atoms. The maximum absolute atomic E-state index is 13.8. The van der Waals surface area contributed by atoms with Crippen molar-refractivity contribution in [3.05, 3.63) is 0 Å². The Morgan fingerprint density at radius 1 is 1.06 bits per heavy atom. The van der Waals surface area contributed by atoms with Crippen LogP contribution in [0.5, 0.6) is 0 Å². The Bertz CT molecular complexity index is 669. The smallest absolute Gasteiger partial charge is 0.408 e. The number of esters is 1. The average molecular weight is 473 g/mol. The monoisotopic (exact) mass is 472 g/mol. The lowest BCUT2D eigenvalue weighted by Gasteiger charge is -2.35. The van der Waals surface area contributed by atoms with Crippen molar-refractivity contribution < 1.29 is 23.9 Å². The summed E-state index contributed by atoms with van der Waals surface area (Å²) in [6.07, 6.45) is 6.15. The first-order chi connectivity index (χ1) is 14.6. The molecule has 2 atom stereocenters. The highest BCUT2D eigenvalue weighted by atomic mass is 32.2. The van der Waals surface area contributed by atoms with Gasteiger partial charge in [-0.15, -0.1) is 23.5 Å². The summed E-state index contributed by atoms with van der Waals surface area (Å²) in [4.78, 5) is 40.7. The van der Waals surface area contributed by atoms with Gasteiger partial charge in [0.05, 0.1) is 11.2 Å². The van der Waals surface area contributed by atoms with Crippen LogP contribution in [0.2, 0.25) is 0 Å². The van der Waals surface area contributed by atoms with E-state index in [2.05, 4.69) is 5.32 Å². The first kappa shape index (κ1) is 24.6. The standard InChI is InChI=1S/C22H36N2O5S2/c1-21(2,3)29-20(27)23-17(15-9-6-5-7-10-15)18(25)24-14-22(30-11-8-12-31-22)13-16(24)19(26)28-4/h15-17H,5-14H2,1-4H3,(H,23,27). The number of hydrogen-bond acceptors (Lipinski definition) is 7. The van der Waals surface area contributed by atoms with Crippen LogP contribution in [0.15, 0.2) is 0 Å². The van der Waals surface area contributed by atoms with Crippen molar-refractivity contribution in [1.29, 1.82) is 0 Å². The van der Waals surface area contributed by atoms with Crippen molar-refractivity contribution in [3.8, 4) is 0 Å². The Morgan fingerprint density at radius 3 is 2.29 bits per heavy atom. The van der Waals surface area contributed by atoms with Gasteiger partial charge >= 0.3 is 12.1 Å². The Balaban J connectivity index is 1.83. The number of amides is 2. The molecule has 2 heterocycles. The second-order valence-electron chi connectivity index (χ2n) is 9.69. The summed E-state index contributed by atoms with van der Waals surface area (Å²) in [6, 6.07) is -1.29. The lowest BCUT2D eigenvalue weighted by atomic mass is 9.83. The zero-order valence-electron chi connectivity index (χ0n) is 19.1. The molecule has 9 heteroatoms. The first-order valence-corrected chi connectivity index (χ1v) is 13.3. The zero-order chi connectivity index (χ0) is 22.6. The zero-order valence-corrected chi connectivity index (χ0v) is 20.7. The maximum atomic E-state index is 13.8. The van der Waals surface area contributed by atoms with Crippen molar-refractivity contribution in [1.82, 2.24) is 10.2 Å². The molecular weight excluding hydrogens is 436 g/mol. The number of thioether (sulfide) groups is 2. The summed E-state index contributed by atoms with van der Waals surface area (Å²) in [7, 11) is 1.37. The number of likely N-dealkylation sites (tertiary alicyclic amines) is 1. The molecule has 176 valence electrons. The quantitative estimate of drug-likeness (QED) is 0.623. The van der Waals surface area contributed by atoms with Crippen LogP contribution >= 0.6 is 23.5 Å². The summed E-state index contributed by atoms with van der Waals surface area (Å²) < 4.78 is 10.3. The Labute approximate surface area is 194 Å². The summed E-state index contributed by atoms with van der Waals surface area (Å²) in [5, 5.41) is 2.87. The van der Waals surface area contributed by atoms with E-state index in [9.17, 15) is 14.4 Å². The van der Waals surface area contributed by atoms with Crippen LogP contribution < -0.4 is 5.32 Å². The van der Waals surface area contributed by atoms with Crippen LogP contribution in [0.25, 0.3) is 0 Å². The molecule has 1 aliphatic carbocycles. The normalized spacial score (nSPS) is 25.2. The summed E-state index contributed by atoms with van der Waals surface area (Å²) in [5.74, 6) is 1.56. The minimum absolute atomic E-state index is 0.0512. The molecule has 0 bridgehead atoms. The molecule has 2 unspecified atom stereocenters. The van der Waals surface area contributed by atoms with Crippen molar-refractivity contribution in [3.63, 3.8) is 0 Å². The van der Waals surface area contributed by atoms with Gasteiger partial charge in [0.25, 0.3) is 0 Å². The summed E-state index contributed by atoms with van der Waals surface area (Å²) >= 11 is 3.69. The lowest BCUT2D eigenvalue weighted by Crippen LogP contribution is -2.56. The number of nitrogens with one attached hydrogen (secondary N) is 1. The molecule has 1 spiro atoms. The van der Waals surface area contributed by atoms with Gasteiger partial charge in [-0.05, 0) is 57.5 Å². The largest absolute Gasteiger partial charge is 0.467 e. The third kappa shape index (κ3) is 6.24. The van der Waals surface area contributed by atoms with Gasteiger partial charge < -0.3 is 19.7 Å².